The number of hydrogen-bond donors (Lipinski definition) is 1. The highest BCUT2D eigenvalue weighted by molar-refractivity contribution is 7.98. The average Bonchev–Trinajstić information content (AvgIpc) is 2.92. The zero-order valence-corrected chi connectivity index (χ0v) is 14.0. The van der Waals surface area contributed by atoms with E-state index in [4.69, 9.17) is 0 Å². The van der Waals surface area contributed by atoms with E-state index in [1.807, 2.05) is 0 Å². The third-order valence-electron chi connectivity index (χ3n) is 3.32. The largest absolute Gasteiger partial charge is 0.286 e. The molecule has 2 rings (SSSR count). The summed E-state index contributed by atoms with van der Waals surface area (Å²) in [7, 11) is 0. The van der Waals surface area contributed by atoms with Gasteiger partial charge in [0.25, 0.3) is 0 Å². The smallest absolute Gasteiger partial charge is 0.233 e. The van der Waals surface area contributed by atoms with Gasteiger partial charge in [-0.3, -0.25) is 10.0 Å². The highest BCUT2D eigenvalue weighted by Gasteiger charge is 2.17. The van der Waals surface area contributed by atoms with Crippen molar-refractivity contribution in [1.29, 1.82) is 0 Å². The van der Waals surface area contributed by atoms with Gasteiger partial charge in [-0.2, -0.15) is 11.8 Å². The molecule has 0 bridgehead atoms. The third kappa shape index (κ3) is 4.73. The Kier molecular flexibility index (Phi) is 6.08. The Morgan fingerprint density at radius 3 is 2.90 bits per heavy atom. The van der Waals surface area contributed by atoms with Crippen LogP contribution in [0.5, 0.6) is 0 Å². The lowest BCUT2D eigenvalue weighted by atomic mass is 10.1. The molecule has 21 heavy (non-hydrogen) atoms. The molecule has 0 fully saturated rings. The number of hydrogen-bond acceptors (Lipinski definition) is 4. The average molecular weight is 323 g/mol. The van der Waals surface area contributed by atoms with E-state index in [9.17, 15) is 10.0 Å². The van der Waals surface area contributed by atoms with Crippen LogP contribution in [-0.2, 0) is 10.5 Å². The minimum Gasteiger partial charge on any atom is -0.286 e. The lowest BCUT2D eigenvalue weighted by molar-refractivity contribution is -0.159. The number of rotatable bonds is 8. The molecule has 3 nitrogen and oxygen atoms in total. The molecule has 1 unspecified atom stereocenters. The van der Waals surface area contributed by atoms with E-state index >= 15 is 0 Å². The summed E-state index contributed by atoms with van der Waals surface area (Å²) in [6, 6.07) is 8.55. The fourth-order valence-electron chi connectivity index (χ4n) is 2.30. The van der Waals surface area contributed by atoms with E-state index in [-0.39, 0.29) is 6.04 Å². The lowest BCUT2D eigenvalue weighted by Crippen LogP contribution is -2.34. The number of benzene rings is 1. The van der Waals surface area contributed by atoms with Gasteiger partial charge in [0.2, 0.25) is 6.41 Å². The number of carbonyl (C=O) groups is 1. The van der Waals surface area contributed by atoms with Crippen molar-refractivity contribution >= 4 is 39.6 Å². The second-order valence-electron chi connectivity index (χ2n) is 5.58. The summed E-state index contributed by atoms with van der Waals surface area (Å²) in [4.78, 5) is 10.7. The van der Waals surface area contributed by atoms with Crippen LogP contribution in [0, 0.1) is 5.92 Å². The molecule has 1 aromatic heterocycles. The molecule has 0 aliphatic rings. The number of nitrogens with zero attached hydrogens (tertiary/aromatic N) is 1. The van der Waals surface area contributed by atoms with E-state index in [0.717, 1.165) is 23.0 Å². The molecule has 1 aromatic carbocycles. The number of hydroxylamine groups is 2. The molecule has 0 spiro atoms. The summed E-state index contributed by atoms with van der Waals surface area (Å²) >= 11 is 3.51. The Balaban J connectivity index is 1.89. The molecule has 114 valence electrons. The first-order valence-corrected chi connectivity index (χ1v) is 9.10. The Morgan fingerprint density at radius 2 is 2.19 bits per heavy atom. The highest BCUT2D eigenvalue weighted by Crippen LogP contribution is 2.24. The van der Waals surface area contributed by atoms with Gasteiger partial charge >= 0.3 is 0 Å². The first-order chi connectivity index (χ1) is 10.1. The zero-order chi connectivity index (χ0) is 15.2. The molecule has 0 aliphatic heterocycles. The van der Waals surface area contributed by atoms with E-state index in [1.165, 1.54) is 15.6 Å². The molecule has 1 amide bonds. The monoisotopic (exact) mass is 323 g/mol. The van der Waals surface area contributed by atoms with Crippen LogP contribution in [0.3, 0.4) is 0 Å². The summed E-state index contributed by atoms with van der Waals surface area (Å²) in [6.07, 6.45) is 1.32. The minimum absolute atomic E-state index is 0.114. The number of amides is 1. The van der Waals surface area contributed by atoms with Crippen molar-refractivity contribution in [3.63, 3.8) is 0 Å². The maximum atomic E-state index is 10.7. The van der Waals surface area contributed by atoms with Crippen molar-refractivity contribution in [2.45, 2.75) is 32.1 Å². The third-order valence-corrected chi connectivity index (χ3v) is 5.38. The second-order valence-corrected chi connectivity index (χ2v) is 7.55. The lowest BCUT2D eigenvalue weighted by Gasteiger charge is -2.23. The van der Waals surface area contributed by atoms with Gasteiger partial charge in [0.15, 0.2) is 0 Å². The maximum absolute atomic E-state index is 10.7. The summed E-state index contributed by atoms with van der Waals surface area (Å²) < 4.78 is 1.31. The zero-order valence-electron chi connectivity index (χ0n) is 12.4. The molecule has 1 atom stereocenters. The van der Waals surface area contributed by atoms with Gasteiger partial charge in [-0.1, -0.05) is 19.9 Å². The van der Waals surface area contributed by atoms with Crippen molar-refractivity contribution in [3.05, 3.63) is 35.2 Å². The van der Waals surface area contributed by atoms with Crippen molar-refractivity contribution in [2.75, 3.05) is 5.75 Å². The van der Waals surface area contributed by atoms with Gasteiger partial charge in [0, 0.05) is 16.2 Å². The first-order valence-electron chi connectivity index (χ1n) is 7.06. The van der Waals surface area contributed by atoms with Gasteiger partial charge in [0.05, 0.1) is 6.04 Å². The Hall–Kier alpha value is -1.04. The van der Waals surface area contributed by atoms with Gasteiger partial charge in [-0.05, 0) is 46.9 Å². The maximum Gasteiger partial charge on any atom is 0.233 e. The normalized spacial score (nSPS) is 12.8. The molecule has 1 heterocycles. The number of carbonyl (C=O) groups excluding carboxylic acids is 1. The van der Waals surface area contributed by atoms with Crippen LogP contribution in [0.2, 0.25) is 0 Å². The van der Waals surface area contributed by atoms with Gasteiger partial charge in [-0.25, -0.2) is 5.06 Å². The van der Waals surface area contributed by atoms with Gasteiger partial charge in [-0.15, -0.1) is 11.3 Å². The Labute approximate surface area is 133 Å². The van der Waals surface area contributed by atoms with Crippen molar-refractivity contribution in [2.24, 2.45) is 5.92 Å². The summed E-state index contributed by atoms with van der Waals surface area (Å²) in [5, 5.41) is 13.8. The number of fused-ring (bicyclic) bond motifs is 1. The van der Waals surface area contributed by atoms with E-state index in [0.29, 0.717) is 12.3 Å². The van der Waals surface area contributed by atoms with Crippen LogP contribution in [0.25, 0.3) is 10.1 Å². The summed E-state index contributed by atoms with van der Waals surface area (Å²) in [6.45, 7) is 4.20. The molecule has 1 N–H and O–H groups in total. The molecule has 0 radical (unpaired) electrons. The SMILES string of the molecule is CC(C)CC(CSCc1ccc2sccc2c1)N(O)C=O. The van der Waals surface area contributed by atoms with E-state index < -0.39 is 0 Å². The van der Waals surface area contributed by atoms with E-state index in [1.54, 1.807) is 23.1 Å². The highest BCUT2D eigenvalue weighted by atomic mass is 32.2. The fourth-order valence-corrected chi connectivity index (χ4v) is 4.17. The predicted octanol–water partition coefficient (Wildman–Crippen LogP) is 4.40. The van der Waals surface area contributed by atoms with Crippen LogP contribution in [-0.4, -0.2) is 28.5 Å². The predicted molar refractivity (Wildman–Crippen MR) is 90.9 cm³/mol. The number of thioether (sulfide) groups is 1. The first kappa shape index (κ1) is 16.3. The van der Waals surface area contributed by atoms with Crippen molar-refractivity contribution in [3.8, 4) is 0 Å². The van der Waals surface area contributed by atoms with Crippen LogP contribution in [0.4, 0.5) is 0 Å². The van der Waals surface area contributed by atoms with E-state index in [2.05, 4.69) is 43.5 Å². The molecule has 0 aliphatic carbocycles. The van der Waals surface area contributed by atoms with Gasteiger partial charge < -0.3 is 0 Å². The van der Waals surface area contributed by atoms with Crippen LogP contribution in [0.15, 0.2) is 29.6 Å². The van der Waals surface area contributed by atoms with Crippen LogP contribution >= 0.6 is 23.1 Å². The minimum atomic E-state index is -0.114. The van der Waals surface area contributed by atoms with Crippen molar-refractivity contribution < 1.29 is 10.0 Å². The van der Waals surface area contributed by atoms with Gasteiger partial charge in [0.1, 0.15) is 0 Å². The topological polar surface area (TPSA) is 40.5 Å². The van der Waals surface area contributed by atoms with Crippen LogP contribution in [0.1, 0.15) is 25.8 Å². The molecule has 0 saturated heterocycles. The number of thiophene rings is 1. The Bertz CT molecular complexity index is 582. The Morgan fingerprint density at radius 1 is 1.38 bits per heavy atom. The fraction of sp³-hybridized carbons (Fsp3) is 0.438. The molecule has 2 aromatic rings. The summed E-state index contributed by atoms with van der Waals surface area (Å²) in [5.74, 6) is 2.09. The van der Waals surface area contributed by atoms with Crippen molar-refractivity contribution in [1.82, 2.24) is 5.06 Å². The molecule has 0 saturated carbocycles. The standard InChI is InChI=1S/C16H21NO2S2/c1-12(2)7-15(17(19)11-18)10-20-9-13-3-4-16-14(8-13)5-6-21-16/h3-6,8,11-12,15,19H,7,9-10H2,1-2H3. The quantitative estimate of drug-likeness (QED) is 0.445. The van der Waals surface area contributed by atoms with Crippen LogP contribution < -0.4 is 0 Å². The molecular formula is C16H21NO2S2. The second kappa shape index (κ2) is 7.82. The summed E-state index contributed by atoms with van der Waals surface area (Å²) in [5.41, 5.74) is 1.28. The molecular weight excluding hydrogens is 302 g/mol. The molecule has 5 heteroatoms.